The summed E-state index contributed by atoms with van der Waals surface area (Å²) in [6.07, 6.45) is 8.77. The van der Waals surface area contributed by atoms with Crippen LogP contribution in [0.2, 0.25) is 0 Å². The minimum Gasteiger partial charge on any atom is -0.497 e. The molecule has 5 aliphatic rings. The molecular formula is C64H68N12O4. The summed E-state index contributed by atoms with van der Waals surface area (Å²) in [7, 11) is 6.82. The molecule has 5 aliphatic heterocycles. The number of methoxy groups -OCH3 is 4. The van der Waals surface area contributed by atoms with Gasteiger partial charge in [-0.15, -0.1) is 0 Å². The Morgan fingerprint density at radius 2 is 0.400 bits per heavy atom. The van der Waals surface area contributed by atoms with Crippen molar-refractivity contribution in [1.82, 2.24) is 19.9 Å². The first-order valence-electron chi connectivity index (χ1n) is 28.3. The fourth-order valence-corrected chi connectivity index (χ4v) is 12.0. The number of benzene rings is 4. The van der Waals surface area contributed by atoms with Crippen molar-refractivity contribution < 1.29 is 18.9 Å². The number of nitrogens with zero attached hydrogens (tertiary/aromatic N) is 12. The Morgan fingerprint density at radius 1 is 0.237 bits per heavy atom. The van der Waals surface area contributed by atoms with Crippen molar-refractivity contribution in [2.24, 2.45) is 0 Å². The van der Waals surface area contributed by atoms with Gasteiger partial charge in [0.25, 0.3) is 0 Å². The first-order chi connectivity index (χ1) is 39.4. The molecule has 0 spiro atoms. The number of fused-ring (bicyclic) bond motifs is 8. The van der Waals surface area contributed by atoms with E-state index in [0.29, 0.717) is 46.5 Å². The normalized spacial score (nSPS) is 16.2. The standard InChI is InChI=1S/C64H68N12O4/c1-77-53-21-13-45(14-22-53)73-57-37-49(69-29-5-6-30-69)39-59(65-57)74(46-15-23-54(78-2)24-16-46)61-41-51(71-33-9-10-34-71)43-63(67-61)76(48-19-27-56(80-4)28-20-48)64-44-52(72-35-11-12-36-72)42-62(68-64)75(47-17-25-55(79-3)26-18-47)60-40-50(38-58(73)66-60)70-31-7-8-32-70/h13-28,37-44H,5-12,29-36H2,1-4H3. The smallest absolute Gasteiger partial charge is 0.143 e. The molecule has 4 aromatic carbocycles. The van der Waals surface area contributed by atoms with Crippen LogP contribution >= 0.6 is 0 Å². The highest BCUT2D eigenvalue weighted by Crippen LogP contribution is 2.48. The molecule has 8 bridgehead atoms. The third-order valence-corrected chi connectivity index (χ3v) is 16.2. The van der Waals surface area contributed by atoms with Gasteiger partial charge in [-0.2, -0.15) is 0 Å². The first kappa shape index (κ1) is 50.6. The van der Waals surface area contributed by atoms with Crippen molar-refractivity contribution in [2.45, 2.75) is 51.4 Å². The van der Waals surface area contributed by atoms with E-state index in [4.69, 9.17) is 38.9 Å². The van der Waals surface area contributed by atoms with Gasteiger partial charge in [0.1, 0.15) is 69.5 Å². The second-order valence-corrected chi connectivity index (χ2v) is 21.1. The van der Waals surface area contributed by atoms with Crippen LogP contribution in [0, 0.1) is 0 Å². The van der Waals surface area contributed by atoms with E-state index in [1.165, 1.54) is 0 Å². The molecule has 16 heteroatoms. The maximum atomic E-state index is 5.85. The topological polar surface area (TPSA) is 114 Å². The Hall–Kier alpha value is -8.92. The zero-order valence-corrected chi connectivity index (χ0v) is 46.2. The highest BCUT2D eigenvalue weighted by Gasteiger charge is 2.31. The molecule has 4 aromatic heterocycles. The fourth-order valence-electron chi connectivity index (χ4n) is 12.0. The molecule has 13 rings (SSSR count). The van der Waals surface area contributed by atoms with Crippen molar-refractivity contribution in [3.8, 4) is 23.0 Å². The van der Waals surface area contributed by atoms with E-state index < -0.39 is 0 Å². The van der Waals surface area contributed by atoms with Crippen molar-refractivity contribution >= 4 is 92.0 Å². The van der Waals surface area contributed by atoms with Crippen LogP contribution in [0.25, 0.3) is 0 Å². The number of anilines is 16. The van der Waals surface area contributed by atoms with Crippen LogP contribution in [0.4, 0.5) is 92.0 Å². The van der Waals surface area contributed by atoms with Crippen LogP contribution in [0.1, 0.15) is 51.4 Å². The van der Waals surface area contributed by atoms with Crippen LogP contribution < -0.4 is 58.1 Å². The van der Waals surface area contributed by atoms with Gasteiger partial charge in [-0.1, -0.05) is 0 Å². The zero-order valence-electron chi connectivity index (χ0n) is 46.2. The summed E-state index contributed by atoms with van der Waals surface area (Å²) >= 11 is 0. The zero-order chi connectivity index (χ0) is 54.1. The highest BCUT2D eigenvalue weighted by molar-refractivity contribution is 5.87. The number of hydrogen-bond acceptors (Lipinski definition) is 16. The van der Waals surface area contributed by atoms with Crippen LogP contribution in [0.3, 0.4) is 0 Å². The fraction of sp³-hybridized carbons (Fsp3) is 0.312. The lowest BCUT2D eigenvalue weighted by Crippen LogP contribution is -2.25. The van der Waals surface area contributed by atoms with Crippen LogP contribution in [0.5, 0.6) is 23.0 Å². The van der Waals surface area contributed by atoms with Gasteiger partial charge in [-0.05, 0) is 148 Å². The Kier molecular flexibility index (Phi) is 14.0. The van der Waals surface area contributed by atoms with Crippen LogP contribution in [0.15, 0.2) is 146 Å². The third kappa shape index (κ3) is 9.98. The van der Waals surface area contributed by atoms with E-state index in [0.717, 1.165) is 172 Å². The first-order valence-corrected chi connectivity index (χ1v) is 28.3. The molecule has 0 saturated carbocycles. The van der Waals surface area contributed by atoms with Gasteiger partial charge < -0.3 is 38.5 Å². The molecule has 0 aliphatic carbocycles. The van der Waals surface area contributed by atoms with Crippen molar-refractivity contribution in [3.63, 3.8) is 0 Å². The third-order valence-electron chi connectivity index (χ3n) is 16.2. The minimum atomic E-state index is 0.695. The summed E-state index contributed by atoms with van der Waals surface area (Å²) in [5.74, 6) is 8.56. The van der Waals surface area contributed by atoms with Gasteiger partial charge in [0.15, 0.2) is 0 Å². The molecule has 4 saturated heterocycles. The molecule has 0 amide bonds. The van der Waals surface area contributed by atoms with Crippen molar-refractivity contribution in [2.75, 3.05) is 120 Å². The average Bonchev–Trinajstić information content (AvgIpc) is 4.43. The number of aromatic nitrogens is 4. The van der Waals surface area contributed by atoms with E-state index in [2.05, 4.69) is 136 Å². The summed E-state index contributed by atoms with van der Waals surface area (Å²) in [6.45, 7) is 7.38. The maximum absolute atomic E-state index is 5.85. The quantitative estimate of drug-likeness (QED) is 0.115. The Balaban J connectivity index is 1.18. The highest BCUT2D eigenvalue weighted by atomic mass is 16.5. The summed E-state index contributed by atoms with van der Waals surface area (Å²) in [4.78, 5) is 42.2. The van der Waals surface area contributed by atoms with E-state index in [9.17, 15) is 0 Å². The van der Waals surface area contributed by atoms with Gasteiger partial charge in [0, 0.05) is 146 Å². The summed E-state index contributed by atoms with van der Waals surface area (Å²) in [6, 6.07) is 50.8. The van der Waals surface area contributed by atoms with Crippen molar-refractivity contribution in [3.05, 3.63) is 146 Å². The van der Waals surface area contributed by atoms with E-state index in [1.807, 2.05) is 48.5 Å². The molecule has 408 valence electrons. The molecule has 0 atom stereocenters. The number of hydrogen-bond donors (Lipinski definition) is 0. The van der Waals surface area contributed by atoms with Gasteiger partial charge in [-0.3, -0.25) is 19.6 Å². The summed E-state index contributed by atoms with van der Waals surface area (Å²) in [5, 5.41) is 0. The number of pyridine rings is 4. The second-order valence-electron chi connectivity index (χ2n) is 21.1. The van der Waals surface area contributed by atoms with Crippen LogP contribution in [-0.2, 0) is 0 Å². The largest absolute Gasteiger partial charge is 0.497 e. The molecule has 80 heavy (non-hydrogen) atoms. The molecule has 4 fully saturated rings. The summed E-state index contributed by atoms with van der Waals surface area (Å²) in [5.41, 5.74) is 7.71. The molecule has 0 radical (unpaired) electrons. The van der Waals surface area contributed by atoms with E-state index in [1.54, 1.807) is 28.4 Å². The lowest BCUT2D eigenvalue weighted by molar-refractivity contribution is 0.414. The number of ether oxygens (including phenoxy) is 4. The Labute approximate surface area is 469 Å². The monoisotopic (exact) mass is 1070 g/mol. The van der Waals surface area contributed by atoms with E-state index in [-0.39, 0.29) is 0 Å². The summed E-state index contributed by atoms with van der Waals surface area (Å²) < 4.78 is 23.2. The molecule has 8 aromatic rings. The van der Waals surface area contributed by atoms with Gasteiger partial charge >= 0.3 is 0 Å². The van der Waals surface area contributed by atoms with Gasteiger partial charge in [-0.25, -0.2) is 19.9 Å². The van der Waals surface area contributed by atoms with Crippen LogP contribution in [-0.4, -0.2) is 101 Å². The second kappa shape index (κ2) is 22.1. The molecule has 16 nitrogen and oxygen atoms in total. The SMILES string of the molecule is COc1ccc(N2c3cc(N4CCCC4)cc(n3)N(c3ccc(OC)cc3)c3cc(N4CCCC4)cc(n3)N(c3ccc(OC)cc3)c3cc(N4CCCC4)cc(n3)N(c3ccc(OC)cc3)c3cc(N4CCCC4)cc2n3)cc1. The maximum Gasteiger partial charge on any atom is 0.143 e. The predicted molar refractivity (Wildman–Crippen MR) is 322 cm³/mol. The average molecular weight is 1070 g/mol. The predicted octanol–water partition coefficient (Wildman–Crippen LogP) is 13.9. The lowest BCUT2D eigenvalue weighted by atomic mass is 10.2. The molecule has 0 unspecified atom stereocenters. The Morgan fingerprint density at radius 3 is 0.550 bits per heavy atom. The van der Waals surface area contributed by atoms with Gasteiger partial charge in [0.05, 0.1) is 28.4 Å². The molecule has 9 heterocycles. The Bertz CT molecular complexity index is 2900. The van der Waals surface area contributed by atoms with Crippen molar-refractivity contribution in [1.29, 1.82) is 0 Å². The lowest BCUT2D eigenvalue weighted by Gasteiger charge is -2.34. The number of rotatable bonds is 12. The minimum absolute atomic E-state index is 0.695. The molecular weight excluding hydrogens is 1000 g/mol. The molecule has 0 N–H and O–H groups in total. The van der Waals surface area contributed by atoms with E-state index >= 15 is 0 Å². The van der Waals surface area contributed by atoms with Gasteiger partial charge in [0.2, 0.25) is 0 Å².